The molecule has 0 aliphatic rings. The van der Waals surface area contributed by atoms with Crippen LogP contribution in [0.1, 0.15) is 26.3 Å². The predicted molar refractivity (Wildman–Crippen MR) is 78.7 cm³/mol. The van der Waals surface area contributed by atoms with Gasteiger partial charge in [-0.15, -0.1) is 12.4 Å². The van der Waals surface area contributed by atoms with Gasteiger partial charge in [-0.05, 0) is 38.5 Å². The minimum atomic E-state index is -0.501. The summed E-state index contributed by atoms with van der Waals surface area (Å²) in [6, 6.07) is 7.63. The Kier molecular flexibility index (Phi) is 4.61. The summed E-state index contributed by atoms with van der Waals surface area (Å²) in [5.41, 5.74) is 7.03. The third-order valence-corrected chi connectivity index (χ3v) is 2.63. The molecule has 104 valence electrons. The molecule has 1 aromatic heterocycles. The number of carbonyl (C=O) groups excluding carboxylic acids is 1. The molecule has 0 radical (unpaired) electrons. The van der Waals surface area contributed by atoms with Gasteiger partial charge in [0.05, 0.1) is 5.52 Å². The van der Waals surface area contributed by atoms with E-state index in [0.717, 1.165) is 16.5 Å². The predicted octanol–water partition coefficient (Wildman–Crippen LogP) is 3.31. The number of fused-ring (bicyclic) bond motifs is 1. The monoisotopic (exact) mass is 282 g/mol. The third kappa shape index (κ3) is 3.28. The Bertz CT molecular complexity index is 585. The van der Waals surface area contributed by atoms with Gasteiger partial charge >= 0.3 is 6.09 Å². The fraction of sp³-hybridized carbons (Fsp3) is 0.357. The van der Waals surface area contributed by atoms with Crippen molar-refractivity contribution in [2.75, 3.05) is 0 Å². The highest BCUT2D eigenvalue weighted by atomic mass is 35.5. The Labute approximate surface area is 118 Å². The average Bonchev–Trinajstić information content (AvgIpc) is 2.69. The molecule has 0 aliphatic carbocycles. The lowest BCUT2D eigenvalue weighted by Gasteiger charge is -2.19. The molecule has 1 heterocycles. The summed E-state index contributed by atoms with van der Waals surface area (Å²) in [6.45, 7) is 6.00. The zero-order valence-corrected chi connectivity index (χ0v) is 12.2. The summed E-state index contributed by atoms with van der Waals surface area (Å²) in [6.07, 6.45) is 1.35. The van der Waals surface area contributed by atoms with Gasteiger partial charge in [0, 0.05) is 18.1 Å². The van der Waals surface area contributed by atoms with Crippen molar-refractivity contribution in [1.82, 2.24) is 4.57 Å². The van der Waals surface area contributed by atoms with Crippen LogP contribution in [-0.2, 0) is 11.3 Å². The van der Waals surface area contributed by atoms with Gasteiger partial charge in [0.1, 0.15) is 5.60 Å². The molecular weight excluding hydrogens is 264 g/mol. The minimum Gasteiger partial charge on any atom is -0.443 e. The van der Waals surface area contributed by atoms with E-state index < -0.39 is 5.60 Å². The van der Waals surface area contributed by atoms with Gasteiger partial charge in [-0.1, -0.05) is 12.1 Å². The van der Waals surface area contributed by atoms with Gasteiger partial charge in [0.25, 0.3) is 0 Å². The number of nitrogens with two attached hydrogens (primary N) is 1. The lowest BCUT2D eigenvalue weighted by molar-refractivity contribution is 0.0544. The van der Waals surface area contributed by atoms with Gasteiger partial charge in [-0.3, -0.25) is 4.57 Å². The molecule has 2 N–H and O–H groups in total. The highest BCUT2D eigenvalue weighted by molar-refractivity contribution is 5.91. The van der Waals surface area contributed by atoms with Crippen molar-refractivity contribution < 1.29 is 9.53 Å². The van der Waals surface area contributed by atoms with Crippen LogP contribution in [0.3, 0.4) is 0 Å². The summed E-state index contributed by atoms with van der Waals surface area (Å²) < 4.78 is 6.87. The van der Waals surface area contributed by atoms with Gasteiger partial charge in [0.2, 0.25) is 0 Å². The number of rotatable bonds is 1. The van der Waals surface area contributed by atoms with Crippen LogP contribution in [-0.4, -0.2) is 16.3 Å². The zero-order chi connectivity index (χ0) is 13.3. The number of aromatic nitrogens is 1. The van der Waals surface area contributed by atoms with E-state index in [1.165, 1.54) is 4.57 Å². The van der Waals surface area contributed by atoms with Crippen LogP contribution in [0.4, 0.5) is 4.79 Å². The van der Waals surface area contributed by atoms with Crippen LogP contribution in [0.2, 0.25) is 0 Å². The maximum atomic E-state index is 12.0. The van der Waals surface area contributed by atoms with Crippen molar-refractivity contribution in [1.29, 1.82) is 0 Å². The van der Waals surface area contributed by atoms with Crippen molar-refractivity contribution in [2.45, 2.75) is 32.9 Å². The van der Waals surface area contributed by atoms with Crippen LogP contribution in [0.15, 0.2) is 30.5 Å². The standard InChI is InChI=1S/C14H18N2O2.ClH/c1-14(2,3)18-13(17)16-8-7-11-10(9-15)5-4-6-12(11)16;/h4-8H,9,15H2,1-3H3;1H. The molecule has 5 heteroatoms. The van der Waals surface area contributed by atoms with E-state index in [1.54, 1.807) is 6.20 Å². The van der Waals surface area contributed by atoms with E-state index in [2.05, 4.69) is 0 Å². The average molecular weight is 283 g/mol. The van der Waals surface area contributed by atoms with Gasteiger partial charge in [-0.2, -0.15) is 0 Å². The maximum Gasteiger partial charge on any atom is 0.418 e. The second-order valence-corrected chi connectivity index (χ2v) is 5.22. The zero-order valence-electron chi connectivity index (χ0n) is 11.3. The number of hydrogen-bond acceptors (Lipinski definition) is 3. The van der Waals surface area contributed by atoms with E-state index in [-0.39, 0.29) is 18.5 Å². The molecule has 0 fully saturated rings. The molecule has 0 saturated heterocycles. The number of hydrogen-bond donors (Lipinski definition) is 1. The Balaban J connectivity index is 0.00000180. The minimum absolute atomic E-state index is 0. The quantitative estimate of drug-likeness (QED) is 0.873. The Morgan fingerprint density at radius 3 is 2.58 bits per heavy atom. The van der Waals surface area contributed by atoms with Crippen molar-refractivity contribution in [3.8, 4) is 0 Å². The molecule has 2 aromatic rings. The first-order valence-electron chi connectivity index (χ1n) is 5.95. The van der Waals surface area contributed by atoms with Crippen LogP contribution in [0.25, 0.3) is 10.9 Å². The summed E-state index contributed by atoms with van der Waals surface area (Å²) in [5, 5.41) is 0.992. The maximum absolute atomic E-state index is 12.0. The number of benzene rings is 1. The van der Waals surface area contributed by atoms with Crippen LogP contribution < -0.4 is 5.73 Å². The first-order chi connectivity index (χ1) is 8.42. The first-order valence-corrected chi connectivity index (χ1v) is 5.95. The number of ether oxygens (including phenoxy) is 1. The Morgan fingerprint density at radius 1 is 1.32 bits per heavy atom. The molecule has 1 aromatic carbocycles. The molecule has 19 heavy (non-hydrogen) atoms. The second kappa shape index (κ2) is 5.63. The highest BCUT2D eigenvalue weighted by Crippen LogP contribution is 2.21. The topological polar surface area (TPSA) is 57.2 Å². The lowest BCUT2D eigenvalue weighted by Crippen LogP contribution is -2.26. The number of halogens is 1. The van der Waals surface area contributed by atoms with Crippen molar-refractivity contribution in [2.24, 2.45) is 5.73 Å². The van der Waals surface area contributed by atoms with Crippen molar-refractivity contribution >= 4 is 29.4 Å². The number of nitrogens with zero attached hydrogens (tertiary/aromatic N) is 1. The summed E-state index contributed by atoms with van der Waals surface area (Å²) in [4.78, 5) is 12.0. The summed E-state index contributed by atoms with van der Waals surface area (Å²) >= 11 is 0. The van der Waals surface area contributed by atoms with E-state index in [0.29, 0.717) is 6.54 Å². The normalized spacial score (nSPS) is 11.2. The molecular formula is C14H19ClN2O2. The van der Waals surface area contributed by atoms with Crippen molar-refractivity contribution in [3.05, 3.63) is 36.0 Å². The van der Waals surface area contributed by atoms with Crippen LogP contribution >= 0.6 is 12.4 Å². The van der Waals surface area contributed by atoms with Crippen molar-refractivity contribution in [3.63, 3.8) is 0 Å². The fourth-order valence-corrected chi connectivity index (χ4v) is 1.88. The Morgan fingerprint density at radius 2 is 2.00 bits per heavy atom. The fourth-order valence-electron chi connectivity index (χ4n) is 1.88. The van der Waals surface area contributed by atoms with E-state index in [9.17, 15) is 4.79 Å². The lowest BCUT2D eigenvalue weighted by atomic mass is 10.1. The van der Waals surface area contributed by atoms with Crippen LogP contribution in [0, 0.1) is 0 Å². The summed E-state index contributed by atoms with van der Waals surface area (Å²) in [5.74, 6) is 0. The molecule has 0 saturated carbocycles. The SMILES string of the molecule is CC(C)(C)OC(=O)n1ccc2c(CN)cccc21.Cl. The van der Waals surface area contributed by atoms with Gasteiger partial charge in [-0.25, -0.2) is 4.79 Å². The molecule has 0 aliphatic heterocycles. The molecule has 0 bridgehead atoms. The molecule has 0 atom stereocenters. The number of carbonyl (C=O) groups is 1. The summed E-state index contributed by atoms with van der Waals surface area (Å²) in [7, 11) is 0. The van der Waals surface area contributed by atoms with E-state index in [4.69, 9.17) is 10.5 Å². The largest absolute Gasteiger partial charge is 0.443 e. The molecule has 0 amide bonds. The molecule has 4 nitrogen and oxygen atoms in total. The highest BCUT2D eigenvalue weighted by Gasteiger charge is 2.19. The first kappa shape index (κ1) is 15.5. The van der Waals surface area contributed by atoms with E-state index >= 15 is 0 Å². The molecule has 0 spiro atoms. The van der Waals surface area contributed by atoms with E-state index in [1.807, 2.05) is 45.0 Å². The van der Waals surface area contributed by atoms with Gasteiger partial charge in [0.15, 0.2) is 0 Å². The second-order valence-electron chi connectivity index (χ2n) is 5.22. The molecule has 2 rings (SSSR count). The smallest absolute Gasteiger partial charge is 0.418 e. The Hall–Kier alpha value is -1.52. The third-order valence-electron chi connectivity index (χ3n) is 2.63. The van der Waals surface area contributed by atoms with Crippen LogP contribution in [0.5, 0.6) is 0 Å². The van der Waals surface area contributed by atoms with Gasteiger partial charge < -0.3 is 10.5 Å². The molecule has 0 unspecified atom stereocenters.